The summed E-state index contributed by atoms with van der Waals surface area (Å²) in [5, 5.41) is 0. The summed E-state index contributed by atoms with van der Waals surface area (Å²) in [7, 11) is 3.20. The van der Waals surface area contributed by atoms with Gasteiger partial charge in [-0.25, -0.2) is 4.79 Å². The van der Waals surface area contributed by atoms with Crippen LogP contribution in [-0.4, -0.2) is 20.2 Å². The van der Waals surface area contributed by atoms with Gasteiger partial charge in [0.1, 0.15) is 11.5 Å². The SMILES string of the molecule is COc1ccc(C2(c3ccccc3)OC(=O)c3ccccc32)c(OC)c1. The summed E-state index contributed by atoms with van der Waals surface area (Å²) >= 11 is 0. The molecule has 4 nitrogen and oxygen atoms in total. The van der Waals surface area contributed by atoms with Crippen molar-refractivity contribution < 1.29 is 19.0 Å². The zero-order chi connectivity index (χ0) is 18.1. The fourth-order valence-electron chi connectivity index (χ4n) is 3.55. The van der Waals surface area contributed by atoms with Gasteiger partial charge in [0.25, 0.3) is 0 Å². The van der Waals surface area contributed by atoms with Gasteiger partial charge in [-0.05, 0) is 18.2 Å². The topological polar surface area (TPSA) is 44.8 Å². The van der Waals surface area contributed by atoms with Crippen molar-refractivity contribution in [3.8, 4) is 11.5 Å². The van der Waals surface area contributed by atoms with Crippen molar-refractivity contribution in [2.45, 2.75) is 5.60 Å². The van der Waals surface area contributed by atoms with Crippen LogP contribution in [0.4, 0.5) is 0 Å². The lowest BCUT2D eigenvalue weighted by molar-refractivity contribution is 0.0245. The Morgan fingerprint density at radius 3 is 2.27 bits per heavy atom. The minimum absolute atomic E-state index is 0.345. The van der Waals surface area contributed by atoms with Gasteiger partial charge in [0.05, 0.1) is 19.8 Å². The van der Waals surface area contributed by atoms with E-state index in [9.17, 15) is 4.79 Å². The van der Waals surface area contributed by atoms with Crippen LogP contribution < -0.4 is 9.47 Å². The van der Waals surface area contributed by atoms with Crippen molar-refractivity contribution in [1.29, 1.82) is 0 Å². The largest absolute Gasteiger partial charge is 0.497 e. The Balaban J connectivity index is 2.06. The molecule has 0 spiro atoms. The predicted molar refractivity (Wildman–Crippen MR) is 97.7 cm³/mol. The van der Waals surface area contributed by atoms with Crippen molar-refractivity contribution in [2.24, 2.45) is 0 Å². The van der Waals surface area contributed by atoms with Crippen LogP contribution in [0.3, 0.4) is 0 Å². The maximum absolute atomic E-state index is 12.7. The van der Waals surface area contributed by atoms with E-state index >= 15 is 0 Å². The Labute approximate surface area is 152 Å². The first-order valence-electron chi connectivity index (χ1n) is 8.31. The second-order valence-electron chi connectivity index (χ2n) is 6.05. The molecule has 1 aliphatic rings. The van der Waals surface area contributed by atoms with Crippen LogP contribution in [0.15, 0.2) is 72.8 Å². The van der Waals surface area contributed by atoms with E-state index in [-0.39, 0.29) is 5.97 Å². The number of hydrogen-bond donors (Lipinski definition) is 0. The molecule has 0 fully saturated rings. The Morgan fingerprint density at radius 2 is 1.54 bits per heavy atom. The van der Waals surface area contributed by atoms with Crippen molar-refractivity contribution >= 4 is 5.97 Å². The quantitative estimate of drug-likeness (QED) is 0.665. The second kappa shape index (κ2) is 6.23. The van der Waals surface area contributed by atoms with Crippen LogP contribution in [-0.2, 0) is 10.3 Å². The number of hydrogen-bond acceptors (Lipinski definition) is 4. The van der Waals surface area contributed by atoms with Gasteiger partial charge in [-0.1, -0.05) is 48.5 Å². The maximum atomic E-state index is 12.7. The normalized spacial score (nSPS) is 18.2. The van der Waals surface area contributed by atoms with Crippen molar-refractivity contribution in [2.75, 3.05) is 14.2 Å². The van der Waals surface area contributed by atoms with Crippen molar-refractivity contribution in [3.05, 3.63) is 95.1 Å². The maximum Gasteiger partial charge on any atom is 0.340 e. The molecule has 0 aromatic heterocycles. The van der Waals surface area contributed by atoms with Gasteiger partial charge in [0, 0.05) is 22.8 Å². The fraction of sp³-hybridized carbons (Fsp3) is 0.136. The first-order chi connectivity index (χ1) is 12.7. The fourth-order valence-corrected chi connectivity index (χ4v) is 3.55. The molecule has 1 atom stereocenters. The summed E-state index contributed by atoms with van der Waals surface area (Å²) in [5.41, 5.74) is 1.92. The van der Waals surface area contributed by atoms with E-state index in [1.54, 1.807) is 26.4 Å². The highest BCUT2D eigenvalue weighted by atomic mass is 16.6. The lowest BCUT2D eigenvalue weighted by atomic mass is 9.79. The highest BCUT2D eigenvalue weighted by Gasteiger charge is 2.49. The summed E-state index contributed by atoms with van der Waals surface area (Å²) in [6.07, 6.45) is 0. The third-order valence-electron chi connectivity index (χ3n) is 4.74. The third-order valence-corrected chi connectivity index (χ3v) is 4.74. The minimum atomic E-state index is -1.06. The van der Waals surface area contributed by atoms with Crippen LogP contribution in [0.25, 0.3) is 0 Å². The minimum Gasteiger partial charge on any atom is -0.497 e. The molecular weight excluding hydrogens is 328 g/mol. The van der Waals surface area contributed by atoms with Gasteiger partial charge in [-0.3, -0.25) is 0 Å². The Morgan fingerprint density at radius 1 is 0.808 bits per heavy atom. The average Bonchev–Trinajstić information content (AvgIpc) is 3.02. The highest BCUT2D eigenvalue weighted by molar-refractivity contribution is 5.96. The van der Waals surface area contributed by atoms with Gasteiger partial charge in [0.15, 0.2) is 5.60 Å². The standard InChI is InChI=1S/C22H18O4/c1-24-16-12-13-19(20(14-16)25-2)22(15-8-4-3-5-9-15)18-11-7-6-10-17(18)21(23)26-22/h3-14H,1-2H3. The summed E-state index contributed by atoms with van der Waals surface area (Å²) in [4.78, 5) is 12.7. The van der Waals surface area contributed by atoms with Gasteiger partial charge in [-0.15, -0.1) is 0 Å². The summed E-state index contributed by atoms with van der Waals surface area (Å²) in [5.74, 6) is 0.923. The molecule has 4 heteroatoms. The Kier molecular flexibility index (Phi) is 3.88. The lowest BCUT2D eigenvalue weighted by Gasteiger charge is -2.31. The molecule has 0 saturated carbocycles. The second-order valence-corrected chi connectivity index (χ2v) is 6.05. The van der Waals surface area contributed by atoms with Gasteiger partial charge in [-0.2, -0.15) is 0 Å². The monoisotopic (exact) mass is 346 g/mol. The van der Waals surface area contributed by atoms with E-state index in [0.717, 1.165) is 16.7 Å². The summed E-state index contributed by atoms with van der Waals surface area (Å²) in [6.45, 7) is 0. The van der Waals surface area contributed by atoms with Crippen LogP contribution in [0.2, 0.25) is 0 Å². The number of fused-ring (bicyclic) bond motifs is 1. The summed E-state index contributed by atoms with van der Waals surface area (Å²) < 4.78 is 17.0. The molecule has 1 unspecified atom stereocenters. The molecule has 4 rings (SSSR count). The Bertz CT molecular complexity index is 965. The first kappa shape index (κ1) is 16.2. The molecule has 0 aliphatic carbocycles. The number of esters is 1. The van der Waals surface area contributed by atoms with E-state index < -0.39 is 5.60 Å². The van der Waals surface area contributed by atoms with Gasteiger partial charge < -0.3 is 14.2 Å². The number of carbonyl (C=O) groups excluding carboxylic acids is 1. The molecule has 0 N–H and O–H groups in total. The molecule has 130 valence electrons. The lowest BCUT2D eigenvalue weighted by Crippen LogP contribution is -2.30. The molecule has 0 saturated heterocycles. The van der Waals surface area contributed by atoms with E-state index in [1.165, 1.54) is 0 Å². The average molecular weight is 346 g/mol. The molecule has 0 amide bonds. The number of carbonyl (C=O) groups is 1. The molecule has 0 radical (unpaired) electrons. The van der Waals surface area contributed by atoms with Crippen LogP contribution in [0, 0.1) is 0 Å². The molecule has 3 aromatic rings. The smallest absolute Gasteiger partial charge is 0.340 e. The van der Waals surface area contributed by atoms with Gasteiger partial charge in [0.2, 0.25) is 0 Å². The molecular formula is C22H18O4. The highest BCUT2D eigenvalue weighted by Crippen LogP contribution is 2.50. The zero-order valence-corrected chi connectivity index (χ0v) is 14.6. The van der Waals surface area contributed by atoms with E-state index in [1.807, 2.05) is 60.7 Å². The predicted octanol–water partition coefficient (Wildman–Crippen LogP) is 4.17. The number of ether oxygens (including phenoxy) is 3. The molecule has 26 heavy (non-hydrogen) atoms. The molecule has 1 aliphatic heterocycles. The molecule has 3 aromatic carbocycles. The van der Waals surface area contributed by atoms with Gasteiger partial charge >= 0.3 is 5.97 Å². The van der Waals surface area contributed by atoms with E-state index in [0.29, 0.717) is 17.1 Å². The van der Waals surface area contributed by atoms with Crippen LogP contribution in [0.1, 0.15) is 27.0 Å². The Hall–Kier alpha value is -3.27. The van der Waals surface area contributed by atoms with E-state index in [2.05, 4.69) is 0 Å². The van der Waals surface area contributed by atoms with Crippen molar-refractivity contribution in [1.82, 2.24) is 0 Å². The molecule has 0 bridgehead atoms. The van der Waals surface area contributed by atoms with E-state index in [4.69, 9.17) is 14.2 Å². The first-order valence-corrected chi connectivity index (χ1v) is 8.31. The zero-order valence-electron chi connectivity index (χ0n) is 14.6. The number of cyclic esters (lactones) is 1. The summed E-state index contributed by atoms with van der Waals surface area (Å²) in [6, 6.07) is 22.7. The number of benzene rings is 3. The molecule has 1 heterocycles. The number of rotatable bonds is 4. The van der Waals surface area contributed by atoms with Crippen LogP contribution in [0.5, 0.6) is 11.5 Å². The van der Waals surface area contributed by atoms with Crippen molar-refractivity contribution in [3.63, 3.8) is 0 Å². The number of methoxy groups -OCH3 is 2. The van der Waals surface area contributed by atoms with Crippen LogP contribution >= 0.6 is 0 Å². The third kappa shape index (κ3) is 2.26.